The van der Waals surface area contributed by atoms with E-state index < -0.39 is 24.1 Å². The van der Waals surface area contributed by atoms with E-state index in [1.165, 1.54) is 19.6 Å². The average molecular weight is 693 g/mol. The summed E-state index contributed by atoms with van der Waals surface area (Å²) in [6, 6.07) is 12.9. The molecule has 2 N–H and O–H groups in total. The molecule has 0 unspecified atom stereocenters. The Labute approximate surface area is 280 Å². The molecule has 45 heavy (non-hydrogen) atoms. The average Bonchev–Trinajstić information content (AvgIpc) is 3.03. The van der Waals surface area contributed by atoms with Crippen LogP contribution in [0, 0.1) is 0 Å². The fourth-order valence-corrected chi connectivity index (χ4v) is 7.58. The minimum Gasteiger partial charge on any atom is -0.461 e. The van der Waals surface area contributed by atoms with E-state index in [0.29, 0.717) is 31.6 Å². The van der Waals surface area contributed by atoms with E-state index in [1.54, 1.807) is 54.0 Å². The first kappa shape index (κ1) is 36.3. The third-order valence-corrected chi connectivity index (χ3v) is 10.3. The van der Waals surface area contributed by atoms with Crippen molar-refractivity contribution < 1.29 is 38.1 Å². The van der Waals surface area contributed by atoms with E-state index in [2.05, 4.69) is 60.2 Å². The van der Waals surface area contributed by atoms with Gasteiger partial charge in [0, 0.05) is 52.5 Å². The number of hydrogen-bond donors (Lipinski definition) is 2. The van der Waals surface area contributed by atoms with Gasteiger partial charge in [0.1, 0.15) is 13.2 Å². The van der Waals surface area contributed by atoms with Crippen LogP contribution in [0.25, 0.3) is 0 Å². The third kappa shape index (κ3) is 13.8. The Hall–Kier alpha value is -3.20. The molecular weight excluding hydrogens is 657 g/mol. The van der Waals surface area contributed by atoms with Crippen LogP contribution in [0.3, 0.4) is 0 Å². The molecule has 0 saturated carbocycles. The molecule has 1 heterocycles. The molecule has 3 rings (SSSR count). The van der Waals surface area contributed by atoms with E-state index in [1.807, 2.05) is 0 Å². The van der Waals surface area contributed by atoms with Crippen molar-refractivity contribution in [1.82, 2.24) is 10.6 Å². The van der Waals surface area contributed by atoms with Crippen molar-refractivity contribution in [3.63, 3.8) is 0 Å². The van der Waals surface area contributed by atoms with Crippen molar-refractivity contribution >= 4 is 71.2 Å². The standard InChI is InChI=1S/C31H36N2O8S4/c1-4-28(34)38-15-11-32-30(36)40-13-5-17-42-22-7-9-24-26(19-22)44-25-10-8-23(20-27(25)45-24)43-18-6-14-41-31(37)33-12-16-39-29(35)21(2)3/h4,7-10,19-20H,1-2,5-6,11-18H2,3H3,(H,32,36)(H,33,37). The van der Waals surface area contributed by atoms with Gasteiger partial charge in [0.2, 0.25) is 0 Å². The first-order chi connectivity index (χ1) is 21.7. The lowest BCUT2D eigenvalue weighted by Gasteiger charge is -2.19. The highest BCUT2D eigenvalue weighted by atomic mass is 32.2. The Kier molecular flexibility index (Phi) is 16.1. The Morgan fingerprint density at radius 1 is 0.733 bits per heavy atom. The van der Waals surface area contributed by atoms with Crippen LogP contribution in [0.5, 0.6) is 0 Å². The summed E-state index contributed by atoms with van der Waals surface area (Å²) < 4.78 is 20.0. The summed E-state index contributed by atoms with van der Waals surface area (Å²) in [4.78, 5) is 52.9. The summed E-state index contributed by atoms with van der Waals surface area (Å²) in [5.74, 6) is 0.592. The lowest BCUT2D eigenvalue weighted by Crippen LogP contribution is -2.29. The van der Waals surface area contributed by atoms with Crippen LogP contribution in [-0.4, -0.2) is 75.1 Å². The first-order valence-corrected chi connectivity index (χ1v) is 17.7. The maximum atomic E-state index is 11.8. The zero-order valence-electron chi connectivity index (χ0n) is 24.9. The Morgan fingerprint density at radius 2 is 1.22 bits per heavy atom. The number of hydrogen-bond acceptors (Lipinski definition) is 12. The SMILES string of the molecule is C=CC(=O)OCCNC(=O)OCCCSc1ccc2c(c1)Sc1ccc(SCCCOC(=O)NCCOC(=O)C(=C)C)cc1S2. The molecule has 1 aliphatic rings. The van der Waals surface area contributed by atoms with Crippen molar-refractivity contribution in [1.29, 1.82) is 0 Å². The molecule has 0 aromatic heterocycles. The van der Waals surface area contributed by atoms with E-state index in [-0.39, 0.29) is 26.3 Å². The van der Waals surface area contributed by atoms with Crippen LogP contribution in [0.2, 0.25) is 0 Å². The van der Waals surface area contributed by atoms with Gasteiger partial charge >= 0.3 is 24.1 Å². The first-order valence-electron chi connectivity index (χ1n) is 14.1. The predicted molar refractivity (Wildman–Crippen MR) is 177 cm³/mol. The number of amides is 2. The zero-order chi connectivity index (χ0) is 32.4. The quantitative estimate of drug-likeness (QED) is 0.0492. The lowest BCUT2D eigenvalue weighted by atomic mass is 10.3. The number of fused-ring (bicyclic) bond motifs is 2. The van der Waals surface area contributed by atoms with Gasteiger partial charge < -0.3 is 29.6 Å². The second kappa shape index (κ2) is 20.0. The molecule has 2 aromatic rings. The molecule has 2 amide bonds. The number of rotatable bonds is 18. The topological polar surface area (TPSA) is 129 Å². The third-order valence-electron chi connectivity index (χ3n) is 5.59. The number of alkyl carbamates (subject to hydrolysis) is 2. The minimum atomic E-state index is -0.538. The molecular formula is C31H36N2O8S4. The van der Waals surface area contributed by atoms with Crippen LogP contribution in [-0.2, 0) is 28.5 Å². The summed E-state index contributed by atoms with van der Waals surface area (Å²) in [6.45, 7) is 9.45. The van der Waals surface area contributed by atoms with Crippen molar-refractivity contribution in [2.24, 2.45) is 0 Å². The summed E-state index contributed by atoms with van der Waals surface area (Å²) in [5, 5.41) is 5.08. The van der Waals surface area contributed by atoms with Gasteiger partial charge in [-0.1, -0.05) is 36.7 Å². The van der Waals surface area contributed by atoms with E-state index in [0.717, 1.165) is 27.4 Å². The highest BCUT2D eigenvalue weighted by Crippen LogP contribution is 2.50. The van der Waals surface area contributed by atoms with Gasteiger partial charge in [-0.25, -0.2) is 19.2 Å². The highest BCUT2D eigenvalue weighted by molar-refractivity contribution is 8.05. The molecule has 2 aromatic carbocycles. The van der Waals surface area contributed by atoms with Crippen LogP contribution in [0.1, 0.15) is 19.8 Å². The minimum absolute atomic E-state index is 0.0646. The molecule has 0 fully saturated rings. The Balaban J connectivity index is 1.30. The molecule has 0 saturated heterocycles. The smallest absolute Gasteiger partial charge is 0.407 e. The molecule has 10 nitrogen and oxygen atoms in total. The predicted octanol–water partition coefficient (Wildman–Crippen LogP) is 6.57. The van der Waals surface area contributed by atoms with Crippen molar-refractivity contribution in [3.05, 3.63) is 61.2 Å². The lowest BCUT2D eigenvalue weighted by molar-refractivity contribution is -0.139. The molecule has 242 valence electrons. The molecule has 0 bridgehead atoms. The molecule has 0 aliphatic carbocycles. The van der Waals surface area contributed by atoms with E-state index in [9.17, 15) is 19.2 Å². The van der Waals surface area contributed by atoms with Gasteiger partial charge in [-0.15, -0.1) is 23.5 Å². The molecule has 1 aliphatic heterocycles. The Bertz CT molecular complexity index is 1370. The molecule has 0 spiro atoms. The number of benzene rings is 2. The fourth-order valence-electron chi connectivity index (χ4n) is 3.43. The van der Waals surface area contributed by atoms with Crippen molar-refractivity contribution in [2.75, 3.05) is 51.0 Å². The summed E-state index contributed by atoms with van der Waals surface area (Å²) >= 11 is 6.95. The molecule has 0 atom stereocenters. The maximum absolute atomic E-state index is 11.8. The molecule has 0 radical (unpaired) electrons. The van der Waals surface area contributed by atoms with Crippen LogP contribution in [0.15, 0.2) is 90.6 Å². The number of nitrogens with one attached hydrogen (secondary N) is 2. The van der Waals surface area contributed by atoms with Gasteiger partial charge in [-0.05, 0) is 56.2 Å². The number of thioether (sulfide) groups is 2. The largest absolute Gasteiger partial charge is 0.461 e. The van der Waals surface area contributed by atoms with Gasteiger partial charge in [0.05, 0.1) is 26.3 Å². The Morgan fingerprint density at radius 3 is 1.69 bits per heavy atom. The number of esters is 2. The molecule has 14 heteroatoms. The summed E-state index contributed by atoms with van der Waals surface area (Å²) in [7, 11) is 0. The van der Waals surface area contributed by atoms with Crippen molar-refractivity contribution in [3.8, 4) is 0 Å². The van der Waals surface area contributed by atoms with Crippen LogP contribution >= 0.6 is 47.0 Å². The second-order valence-electron chi connectivity index (χ2n) is 9.24. The van der Waals surface area contributed by atoms with Crippen LogP contribution in [0.4, 0.5) is 9.59 Å². The van der Waals surface area contributed by atoms with Gasteiger partial charge in [0.15, 0.2) is 0 Å². The number of carbonyl (C=O) groups excluding carboxylic acids is 4. The normalized spacial score (nSPS) is 11.3. The summed E-state index contributed by atoms with van der Waals surface area (Å²) in [6.07, 6.45) is 1.41. The zero-order valence-corrected chi connectivity index (χ0v) is 28.2. The van der Waals surface area contributed by atoms with E-state index >= 15 is 0 Å². The van der Waals surface area contributed by atoms with Crippen molar-refractivity contribution in [2.45, 2.75) is 49.1 Å². The summed E-state index contributed by atoms with van der Waals surface area (Å²) in [5.41, 5.74) is 0.311. The second-order valence-corrected chi connectivity index (χ2v) is 13.7. The van der Waals surface area contributed by atoms with Gasteiger partial charge in [0.25, 0.3) is 0 Å². The monoisotopic (exact) mass is 692 g/mol. The highest BCUT2D eigenvalue weighted by Gasteiger charge is 2.18. The van der Waals surface area contributed by atoms with Gasteiger partial charge in [-0.2, -0.15) is 0 Å². The number of ether oxygens (including phenoxy) is 4. The van der Waals surface area contributed by atoms with Crippen LogP contribution < -0.4 is 10.6 Å². The number of carbonyl (C=O) groups is 4. The van der Waals surface area contributed by atoms with Gasteiger partial charge in [-0.3, -0.25) is 0 Å². The maximum Gasteiger partial charge on any atom is 0.407 e. The van der Waals surface area contributed by atoms with E-state index in [4.69, 9.17) is 18.9 Å². The fraction of sp³-hybridized carbons (Fsp3) is 0.355.